The summed E-state index contributed by atoms with van der Waals surface area (Å²) in [7, 11) is 1.87. The topological polar surface area (TPSA) is 38.0 Å². The molecule has 0 spiro atoms. The lowest BCUT2D eigenvalue weighted by Gasteiger charge is -2.10. The maximum absolute atomic E-state index is 10.00. The Labute approximate surface area is 99.3 Å². The van der Waals surface area contributed by atoms with E-state index in [1.54, 1.807) is 6.20 Å². The van der Waals surface area contributed by atoms with Crippen LogP contribution < -0.4 is 0 Å². The second kappa shape index (κ2) is 4.68. The summed E-state index contributed by atoms with van der Waals surface area (Å²) in [4.78, 5) is 4.12. The summed E-state index contributed by atoms with van der Waals surface area (Å²) in [5.74, 6) is 0.676. The van der Waals surface area contributed by atoms with E-state index in [4.69, 9.17) is 11.6 Å². The van der Waals surface area contributed by atoms with Gasteiger partial charge in [0.2, 0.25) is 0 Å². The molecule has 1 aromatic heterocycles. The number of aryl methyl sites for hydroxylation is 1. The zero-order valence-corrected chi connectivity index (χ0v) is 9.72. The van der Waals surface area contributed by atoms with Crippen LogP contribution >= 0.6 is 11.6 Å². The first-order chi connectivity index (χ1) is 7.66. The summed E-state index contributed by atoms with van der Waals surface area (Å²) in [6.07, 6.45) is 3.46. The van der Waals surface area contributed by atoms with Gasteiger partial charge in [0.25, 0.3) is 0 Å². The fourth-order valence-corrected chi connectivity index (χ4v) is 1.76. The van der Waals surface area contributed by atoms with Gasteiger partial charge >= 0.3 is 0 Å². The van der Waals surface area contributed by atoms with E-state index in [-0.39, 0.29) is 0 Å². The van der Waals surface area contributed by atoms with Crippen molar-refractivity contribution >= 4 is 11.6 Å². The van der Waals surface area contributed by atoms with Crippen molar-refractivity contribution in [2.45, 2.75) is 12.5 Å². The molecule has 0 aliphatic carbocycles. The van der Waals surface area contributed by atoms with Crippen LogP contribution in [0.15, 0.2) is 36.7 Å². The van der Waals surface area contributed by atoms with Crippen LogP contribution in [0.2, 0.25) is 5.02 Å². The second-order valence-corrected chi connectivity index (χ2v) is 4.18. The van der Waals surface area contributed by atoms with Gasteiger partial charge in [-0.3, -0.25) is 0 Å². The number of benzene rings is 1. The van der Waals surface area contributed by atoms with E-state index < -0.39 is 6.10 Å². The number of hydrogen-bond donors (Lipinski definition) is 1. The highest BCUT2D eigenvalue weighted by Gasteiger charge is 2.12. The second-order valence-electron chi connectivity index (χ2n) is 3.74. The van der Waals surface area contributed by atoms with Crippen LogP contribution in [0.1, 0.15) is 17.5 Å². The van der Waals surface area contributed by atoms with Gasteiger partial charge in [-0.05, 0) is 17.7 Å². The molecule has 1 heterocycles. The van der Waals surface area contributed by atoms with Gasteiger partial charge in [0.15, 0.2) is 0 Å². The Bertz CT molecular complexity index is 464. The predicted octanol–water partition coefficient (Wildman–Crippen LogP) is 2.35. The first-order valence-electron chi connectivity index (χ1n) is 5.06. The van der Waals surface area contributed by atoms with Crippen molar-refractivity contribution in [3.05, 3.63) is 53.1 Å². The standard InChI is InChI=1S/C12H13ClN2O/c1-15-7-6-14-12(15)11(16)8-9-2-4-10(13)5-3-9/h2-7,11,16H,8H2,1H3. The summed E-state index contributed by atoms with van der Waals surface area (Å²) in [6.45, 7) is 0. The van der Waals surface area contributed by atoms with Crippen molar-refractivity contribution in [3.8, 4) is 0 Å². The normalized spacial score (nSPS) is 12.7. The lowest BCUT2D eigenvalue weighted by Crippen LogP contribution is -2.08. The Morgan fingerprint density at radius 3 is 2.62 bits per heavy atom. The molecule has 0 radical (unpaired) electrons. The zero-order valence-electron chi connectivity index (χ0n) is 8.97. The molecule has 1 N–H and O–H groups in total. The maximum atomic E-state index is 10.00. The molecular formula is C12H13ClN2O. The number of aliphatic hydroxyl groups excluding tert-OH is 1. The molecule has 0 aliphatic heterocycles. The largest absolute Gasteiger partial charge is 0.385 e. The zero-order chi connectivity index (χ0) is 11.5. The molecule has 1 aromatic carbocycles. The van der Waals surface area contributed by atoms with E-state index in [1.807, 2.05) is 42.1 Å². The van der Waals surface area contributed by atoms with Gasteiger partial charge in [-0.2, -0.15) is 0 Å². The third-order valence-corrected chi connectivity index (χ3v) is 2.75. The molecular weight excluding hydrogens is 224 g/mol. The fourth-order valence-electron chi connectivity index (χ4n) is 1.63. The highest BCUT2D eigenvalue weighted by atomic mass is 35.5. The number of nitrogens with zero attached hydrogens (tertiary/aromatic N) is 2. The number of imidazole rings is 1. The quantitative estimate of drug-likeness (QED) is 0.889. The molecule has 0 amide bonds. The molecule has 4 heteroatoms. The van der Waals surface area contributed by atoms with Crippen LogP contribution in [-0.4, -0.2) is 14.7 Å². The van der Waals surface area contributed by atoms with Gasteiger partial charge in [0.05, 0.1) is 0 Å². The Morgan fingerprint density at radius 1 is 1.38 bits per heavy atom. The number of aromatic nitrogens is 2. The number of halogens is 1. The van der Waals surface area contributed by atoms with Gasteiger partial charge < -0.3 is 9.67 Å². The van der Waals surface area contributed by atoms with E-state index in [2.05, 4.69) is 4.98 Å². The van der Waals surface area contributed by atoms with Gasteiger partial charge in [-0.15, -0.1) is 0 Å². The Morgan fingerprint density at radius 2 is 2.06 bits per heavy atom. The minimum absolute atomic E-state index is 0.544. The molecule has 2 aromatic rings. The summed E-state index contributed by atoms with van der Waals surface area (Å²) in [6, 6.07) is 7.47. The van der Waals surface area contributed by atoms with Crippen molar-refractivity contribution in [3.63, 3.8) is 0 Å². The van der Waals surface area contributed by atoms with E-state index in [0.29, 0.717) is 17.3 Å². The summed E-state index contributed by atoms with van der Waals surface area (Å²) in [5, 5.41) is 10.7. The van der Waals surface area contributed by atoms with E-state index in [1.165, 1.54) is 0 Å². The molecule has 0 aliphatic rings. The number of aliphatic hydroxyl groups is 1. The third kappa shape index (κ3) is 2.43. The van der Waals surface area contributed by atoms with Crippen LogP contribution in [0, 0.1) is 0 Å². The molecule has 0 saturated heterocycles. The molecule has 0 fully saturated rings. The monoisotopic (exact) mass is 236 g/mol. The predicted molar refractivity (Wildman–Crippen MR) is 63.3 cm³/mol. The molecule has 0 bridgehead atoms. The van der Waals surface area contributed by atoms with Gasteiger partial charge in [0, 0.05) is 30.9 Å². The number of hydrogen-bond acceptors (Lipinski definition) is 2. The van der Waals surface area contributed by atoms with Crippen molar-refractivity contribution in [2.75, 3.05) is 0 Å². The van der Waals surface area contributed by atoms with Crippen LogP contribution in [0.25, 0.3) is 0 Å². The maximum Gasteiger partial charge on any atom is 0.137 e. The lowest BCUT2D eigenvalue weighted by atomic mass is 10.1. The van der Waals surface area contributed by atoms with Crippen LogP contribution in [0.5, 0.6) is 0 Å². The van der Waals surface area contributed by atoms with Gasteiger partial charge in [-0.25, -0.2) is 4.98 Å². The molecule has 16 heavy (non-hydrogen) atoms. The van der Waals surface area contributed by atoms with Crippen LogP contribution in [-0.2, 0) is 13.5 Å². The van der Waals surface area contributed by atoms with Crippen molar-refractivity contribution in [1.82, 2.24) is 9.55 Å². The van der Waals surface area contributed by atoms with E-state index >= 15 is 0 Å². The van der Waals surface area contributed by atoms with Crippen molar-refractivity contribution in [1.29, 1.82) is 0 Å². The molecule has 1 unspecified atom stereocenters. The average Bonchev–Trinajstić information content (AvgIpc) is 2.68. The Kier molecular flexibility index (Phi) is 3.27. The van der Waals surface area contributed by atoms with E-state index in [0.717, 1.165) is 5.56 Å². The summed E-state index contributed by atoms with van der Waals surface area (Å²) in [5.41, 5.74) is 1.04. The molecule has 0 saturated carbocycles. The lowest BCUT2D eigenvalue weighted by molar-refractivity contribution is 0.165. The van der Waals surface area contributed by atoms with Gasteiger partial charge in [-0.1, -0.05) is 23.7 Å². The Hall–Kier alpha value is -1.32. The smallest absolute Gasteiger partial charge is 0.137 e. The molecule has 84 valence electrons. The minimum atomic E-state index is -0.582. The first-order valence-corrected chi connectivity index (χ1v) is 5.44. The highest BCUT2D eigenvalue weighted by Crippen LogP contribution is 2.17. The SMILES string of the molecule is Cn1ccnc1C(O)Cc1ccc(Cl)cc1. The van der Waals surface area contributed by atoms with Gasteiger partial charge in [0.1, 0.15) is 11.9 Å². The minimum Gasteiger partial charge on any atom is -0.385 e. The van der Waals surface area contributed by atoms with Crippen molar-refractivity contribution in [2.24, 2.45) is 7.05 Å². The molecule has 2 rings (SSSR count). The van der Waals surface area contributed by atoms with E-state index in [9.17, 15) is 5.11 Å². The molecule has 3 nitrogen and oxygen atoms in total. The highest BCUT2D eigenvalue weighted by molar-refractivity contribution is 6.30. The fraction of sp³-hybridized carbons (Fsp3) is 0.250. The van der Waals surface area contributed by atoms with Crippen LogP contribution in [0.3, 0.4) is 0 Å². The summed E-state index contributed by atoms with van der Waals surface area (Å²) >= 11 is 5.79. The van der Waals surface area contributed by atoms with Crippen molar-refractivity contribution < 1.29 is 5.11 Å². The average molecular weight is 237 g/mol. The third-order valence-electron chi connectivity index (χ3n) is 2.50. The first kappa shape index (κ1) is 11.2. The Balaban J connectivity index is 2.10. The number of rotatable bonds is 3. The summed E-state index contributed by atoms with van der Waals surface area (Å²) < 4.78 is 1.82. The molecule has 1 atom stereocenters. The van der Waals surface area contributed by atoms with Crippen LogP contribution in [0.4, 0.5) is 0 Å².